The van der Waals surface area contributed by atoms with Crippen molar-refractivity contribution in [2.24, 2.45) is 5.73 Å². The molecule has 1 fully saturated rings. The first-order valence-corrected chi connectivity index (χ1v) is 8.20. The molecule has 0 amide bonds. The highest BCUT2D eigenvalue weighted by Gasteiger charge is 2.33. The SMILES string of the molecule is Cc1ccc(S(=O)(=O)N2CCCCC2CN)c(C)c1.Cl. The molecule has 0 bridgehead atoms. The molecule has 2 rings (SSSR count). The van der Waals surface area contributed by atoms with E-state index in [-0.39, 0.29) is 18.4 Å². The number of piperidine rings is 1. The molecule has 1 aliphatic heterocycles. The summed E-state index contributed by atoms with van der Waals surface area (Å²) >= 11 is 0. The van der Waals surface area contributed by atoms with Crippen molar-refractivity contribution < 1.29 is 8.42 Å². The zero-order valence-corrected chi connectivity index (χ0v) is 13.6. The Morgan fingerprint density at radius 3 is 2.60 bits per heavy atom. The molecular weight excluding hydrogens is 296 g/mol. The second-order valence-electron chi connectivity index (χ2n) is 5.27. The third kappa shape index (κ3) is 3.34. The van der Waals surface area contributed by atoms with Crippen LogP contribution in [0.3, 0.4) is 0 Å². The molecule has 20 heavy (non-hydrogen) atoms. The van der Waals surface area contributed by atoms with Crippen molar-refractivity contribution in [3.05, 3.63) is 29.3 Å². The van der Waals surface area contributed by atoms with E-state index in [0.717, 1.165) is 30.4 Å². The number of hydrogen-bond donors (Lipinski definition) is 1. The molecule has 1 heterocycles. The number of halogens is 1. The van der Waals surface area contributed by atoms with Crippen molar-refractivity contribution in [1.82, 2.24) is 4.31 Å². The Morgan fingerprint density at radius 1 is 1.30 bits per heavy atom. The van der Waals surface area contributed by atoms with Crippen LogP contribution in [0.25, 0.3) is 0 Å². The largest absolute Gasteiger partial charge is 0.329 e. The van der Waals surface area contributed by atoms with Crippen molar-refractivity contribution >= 4 is 22.4 Å². The van der Waals surface area contributed by atoms with Crippen LogP contribution < -0.4 is 5.73 Å². The van der Waals surface area contributed by atoms with Gasteiger partial charge in [0.15, 0.2) is 0 Å². The molecule has 0 spiro atoms. The van der Waals surface area contributed by atoms with Gasteiger partial charge in [-0.1, -0.05) is 24.1 Å². The van der Waals surface area contributed by atoms with Crippen molar-refractivity contribution in [3.63, 3.8) is 0 Å². The summed E-state index contributed by atoms with van der Waals surface area (Å²) in [5.41, 5.74) is 7.61. The Morgan fingerprint density at radius 2 is 2.00 bits per heavy atom. The second-order valence-corrected chi connectivity index (χ2v) is 7.13. The minimum absolute atomic E-state index is 0. The van der Waals surface area contributed by atoms with Crippen molar-refractivity contribution in [2.45, 2.75) is 44.0 Å². The third-order valence-corrected chi connectivity index (χ3v) is 5.87. The molecule has 1 unspecified atom stereocenters. The average molecular weight is 319 g/mol. The highest BCUT2D eigenvalue weighted by molar-refractivity contribution is 7.89. The zero-order valence-electron chi connectivity index (χ0n) is 12.0. The summed E-state index contributed by atoms with van der Waals surface area (Å²) in [5, 5.41) is 0. The van der Waals surface area contributed by atoms with Gasteiger partial charge in [-0.25, -0.2) is 8.42 Å². The molecule has 0 aromatic heterocycles. The van der Waals surface area contributed by atoms with E-state index in [1.54, 1.807) is 10.4 Å². The smallest absolute Gasteiger partial charge is 0.243 e. The molecule has 2 N–H and O–H groups in total. The van der Waals surface area contributed by atoms with Gasteiger partial charge in [-0.15, -0.1) is 12.4 Å². The highest BCUT2D eigenvalue weighted by Crippen LogP contribution is 2.27. The molecule has 0 saturated carbocycles. The molecule has 114 valence electrons. The maximum Gasteiger partial charge on any atom is 0.243 e. The van der Waals surface area contributed by atoms with Gasteiger partial charge in [-0.2, -0.15) is 4.31 Å². The van der Waals surface area contributed by atoms with Gasteiger partial charge in [0.05, 0.1) is 4.90 Å². The van der Waals surface area contributed by atoms with Gasteiger partial charge in [0.2, 0.25) is 10.0 Å². The monoisotopic (exact) mass is 318 g/mol. The second kappa shape index (κ2) is 6.89. The summed E-state index contributed by atoms with van der Waals surface area (Å²) in [6.07, 6.45) is 2.84. The molecule has 4 nitrogen and oxygen atoms in total. The van der Waals surface area contributed by atoms with E-state index in [1.165, 1.54) is 0 Å². The molecule has 1 aromatic carbocycles. The predicted molar refractivity (Wildman–Crippen MR) is 83.7 cm³/mol. The molecule has 1 aliphatic rings. The number of sulfonamides is 1. The van der Waals surface area contributed by atoms with Crippen LogP contribution in [0.15, 0.2) is 23.1 Å². The summed E-state index contributed by atoms with van der Waals surface area (Å²) in [5.74, 6) is 0. The topological polar surface area (TPSA) is 63.4 Å². The Labute approximate surface area is 127 Å². The normalized spacial score (nSPS) is 20.4. The summed E-state index contributed by atoms with van der Waals surface area (Å²) in [4.78, 5) is 0.415. The molecule has 6 heteroatoms. The third-order valence-electron chi connectivity index (χ3n) is 3.76. The Balaban J connectivity index is 0.00000200. The van der Waals surface area contributed by atoms with Crippen molar-refractivity contribution in [2.75, 3.05) is 13.1 Å². The standard InChI is InChI=1S/C14H22N2O2S.ClH/c1-11-6-7-14(12(2)9-11)19(17,18)16-8-4-3-5-13(16)10-15;/h6-7,9,13H,3-5,8,10,15H2,1-2H3;1H. The van der Waals surface area contributed by atoms with Gasteiger partial charge < -0.3 is 5.73 Å². The fourth-order valence-corrected chi connectivity index (χ4v) is 4.65. The molecule has 0 radical (unpaired) electrons. The molecule has 1 saturated heterocycles. The van der Waals surface area contributed by atoms with Crippen LogP contribution in [0.4, 0.5) is 0 Å². The number of rotatable bonds is 3. The van der Waals surface area contributed by atoms with Gasteiger partial charge in [-0.3, -0.25) is 0 Å². The fraction of sp³-hybridized carbons (Fsp3) is 0.571. The predicted octanol–water partition coefficient (Wildman–Crippen LogP) is 2.23. The fourth-order valence-electron chi connectivity index (χ4n) is 2.74. The number of nitrogens with two attached hydrogens (primary N) is 1. The van der Waals surface area contributed by atoms with Crippen LogP contribution in [0.1, 0.15) is 30.4 Å². The summed E-state index contributed by atoms with van der Waals surface area (Å²) in [6.45, 7) is 4.79. The zero-order chi connectivity index (χ0) is 14.0. The summed E-state index contributed by atoms with van der Waals surface area (Å²) in [7, 11) is -3.42. The first kappa shape index (κ1) is 17.4. The van der Waals surface area contributed by atoms with E-state index in [4.69, 9.17) is 5.73 Å². The Kier molecular flexibility index (Phi) is 6.01. The molecule has 1 aromatic rings. The first-order chi connectivity index (χ1) is 8.96. The Bertz CT molecular complexity index is 560. The van der Waals surface area contributed by atoms with Crippen molar-refractivity contribution in [1.29, 1.82) is 0 Å². The van der Waals surface area contributed by atoms with Gasteiger partial charge in [0.1, 0.15) is 0 Å². The van der Waals surface area contributed by atoms with Crippen LogP contribution in [-0.4, -0.2) is 31.9 Å². The van der Waals surface area contributed by atoms with E-state index in [9.17, 15) is 8.42 Å². The van der Waals surface area contributed by atoms with E-state index >= 15 is 0 Å². The first-order valence-electron chi connectivity index (χ1n) is 6.76. The quantitative estimate of drug-likeness (QED) is 0.929. The summed E-state index contributed by atoms with van der Waals surface area (Å²) < 4.78 is 27.1. The van der Waals surface area contributed by atoms with Crippen molar-refractivity contribution in [3.8, 4) is 0 Å². The average Bonchev–Trinajstić information content (AvgIpc) is 2.38. The van der Waals surface area contributed by atoms with Crippen LogP contribution in [0.5, 0.6) is 0 Å². The minimum Gasteiger partial charge on any atom is -0.329 e. The number of hydrogen-bond acceptors (Lipinski definition) is 3. The lowest BCUT2D eigenvalue weighted by atomic mass is 10.1. The maximum absolute atomic E-state index is 12.8. The van der Waals surface area contributed by atoms with Gasteiger partial charge in [0.25, 0.3) is 0 Å². The lowest BCUT2D eigenvalue weighted by Gasteiger charge is -2.34. The lowest BCUT2D eigenvalue weighted by Crippen LogP contribution is -2.47. The van der Waals surface area contributed by atoms with E-state index < -0.39 is 10.0 Å². The molecule has 1 atom stereocenters. The number of benzene rings is 1. The van der Waals surface area contributed by atoms with Crippen LogP contribution in [0, 0.1) is 13.8 Å². The number of aryl methyl sites for hydroxylation is 2. The molecule has 0 aliphatic carbocycles. The van der Waals surface area contributed by atoms with E-state index in [0.29, 0.717) is 18.0 Å². The van der Waals surface area contributed by atoms with E-state index in [1.807, 2.05) is 26.0 Å². The Hall–Kier alpha value is -0.620. The number of nitrogens with zero attached hydrogens (tertiary/aromatic N) is 1. The van der Waals surface area contributed by atoms with E-state index in [2.05, 4.69) is 0 Å². The van der Waals surface area contributed by atoms with Crippen LogP contribution in [0.2, 0.25) is 0 Å². The van der Waals surface area contributed by atoms with Crippen LogP contribution in [-0.2, 0) is 10.0 Å². The summed E-state index contributed by atoms with van der Waals surface area (Å²) in [6, 6.07) is 5.41. The van der Waals surface area contributed by atoms with Crippen LogP contribution >= 0.6 is 12.4 Å². The van der Waals surface area contributed by atoms with Gasteiger partial charge >= 0.3 is 0 Å². The van der Waals surface area contributed by atoms with Gasteiger partial charge in [0, 0.05) is 19.1 Å². The maximum atomic E-state index is 12.8. The van der Waals surface area contributed by atoms with Gasteiger partial charge in [-0.05, 0) is 38.3 Å². The molecular formula is C14H23ClN2O2S. The lowest BCUT2D eigenvalue weighted by molar-refractivity contribution is 0.257. The minimum atomic E-state index is -3.42. The highest BCUT2D eigenvalue weighted by atomic mass is 35.5.